The lowest BCUT2D eigenvalue weighted by Gasteiger charge is -2.14. The second-order valence-corrected chi connectivity index (χ2v) is 5.37. The van der Waals surface area contributed by atoms with Crippen LogP contribution in [0.4, 0.5) is 0 Å². The molecule has 1 nitrogen and oxygen atoms in total. The van der Waals surface area contributed by atoms with Gasteiger partial charge in [0.25, 0.3) is 0 Å². The fourth-order valence-corrected chi connectivity index (χ4v) is 3.06. The highest BCUT2D eigenvalue weighted by Crippen LogP contribution is 2.31. The molecule has 0 bridgehead atoms. The van der Waals surface area contributed by atoms with Crippen molar-refractivity contribution < 1.29 is 0 Å². The number of hydrogen-bond donors (Lipinski definition) is 1. The molecule has 4 heteroatoms. The molecule has 0 fully saturated rings. The molecule has 1 aromatic heterocycles. The minimum Gasteiger partial charge on any atom is -0.324 e. The summed E-state index contributed by atoms with van der Waals surface area (Å²) in [4.78, 5) is 1.24. The third kappa shape index (κ3) is 2.58. The van der Waals surface area contributed by atoms with Crippen LogP contribution in [0.25, 0.3) is 0 Å². The molecule has 2 rings (SSSR count). The highest BCUT2D eigenvalue weighted by atomic mass is 35.5. The largest absolute Gasteiger partial charge is 0.324 e. The molecule has 0 amide bonds. The molecule has 1 unspecified atom stereocenters. The van der Waals surface area contributed by atoms with Crippen LogP contribution in [0.2, 0.25) is 10.0 Å². The SMILES string of the molecule is NC(Cc1cccs1)c1c(Cl)cccc1Cl. The number of halogens is 2. The summed E-state index contributed by atoms with van der Waals surface area (Å²) in [7, 11) is 0. The van der Waals surface area contributed by atoms with Crippen molar-refractivity contribution in [2.24, 2.45) is 5.73 Å². The quantitative estimate of drug-likeness (QED) is 0.885. The highest BCUT2D eigenvalue weighted by Gasteiger charge is 2.14. The number of nitrogens with two attached hydrogens (primary N) is 1. The summed E-state index contributed by atoms with van der Waals surface area (Å²) in [5.41, 5.74) is 6.96. The Labute approximate surface area is 109 Å². The lowest BCUT2D eigenvalue weighted by molar-refractivity contribution is 0.731. The molecule has 0 aliphatic rings. The molecule has 0 aliphatic carbocycles. The summed E-state index contributed by atoms with van der Waals surface area (Å²) < 4.78 is 0. The molecule has 2 N–H and O–H groups in total. The third-order valence-corrected chi connectivity index (χ3v) is 3.93. The summed E-state index contributed by atoms with van der Waals surface area (Å²) in [5, 5.41) is 3.31. The van der Waals surface area contributed by atoms with E-state index in [9.17, 15) is 0 Å². The maximum absolute atomic E-state index is 6.13. The van der Waals surface area contributed by atoms with Gasteiger partial charge in [0.2, 0.25) is 0 Å². The molecule has 0 saturated carbocycles. The Morgan fingerprint density at radius 3 is 2.38 bits per heavy atom. The van der Waals surface area contributed by atoms with Crippen LogP contribution >= 0.6 is 34.5 Å². The molecule has 0 aliphatic heterocycles. The minimum atomic E-state index is -0.153. The first-order valence-electron chi connectivity index (χ1n) is 4.90. The van der Waals surface area contributed by atoms with Crippen LogP contribution in [-0.2, 0) is 6.42 Å². The molecule has 0 saturated heterocycles. The molecule has 1 aromatic carbocycles. The Morgan fingerprint density at radius 1 is 1.12 bits per heavy atom. The van der Waals surface area contributed by atoms with Gasteiger partial charge in [-0.3, -0.25) is 0 Å². The standard InChI is InChI=1S/C12H11Cl2NS/c13-9-4-1-5-10(14)12(9)11(15)7-8-3-2-6-16-8/h1-6,11H,7,15H2. The zero-order valence-corrected chi connectivity index (χ0v) is 10.8. The van der Waals surface area contributed by atoms with E-state index >= 15 is 0 Å². The average molecular weight is 272 g/mol. The van der Waals surface area contributed by atoms with Gasteiger partial charge in [-0.05, 0) is 23.6 Å². The number of benzene rings is 1. The predicted octanol–water partition coefficient (Wildman–Crippen LogP) is 4.30. The smallest absolute Gasteiger partial charge is 0.0468 e. The van der Waals surface area contributed by atoms with Crippen molar-refractivity contribution in [3.8, 4) is 0 Å². The number of rotatable bonds is 3. The summed E-state index contributed by atoms with van der Waals surface area (Å²) in [6.07, 6.45) is 0.765. The lowest BCUT2D eigenvalue weighted by atomic mass is 10.0. The van der Waals surface area contributed by atoms with Crippen molar-refractivity contribution in [1.82, 2.24) is 0 Å². The van der Waals surface area contributed by atoms with Crippen LogP contribution in [0, 0.1) is 0 Å². The Bertz CT molecular complexity index is 448. The van der Waals surface area contributed by atoms with Crippen molar-refractivity contribution >= 4 is 34.5 Å². The first-order valence-corrected chi connectivity index (χ1v) is 6.54. The molecular weight excluding hydrogens is 261 g/mol. The van der Waals surface area contributed by atoms with Crippen molar-refractivity contribution in [3.63, 3.8) is 0 Å². The van der Waals surface area contributed by atoms with Crippen molar-refractivity contribution in [1.29, 1.82) is 0 Å². The van der Waals surface area contributed by atoms with Gasteiger partial charge in [-0.25, -0.2) is 0 Å². The van der Waals surface area contributed by atoms with Gasteiger partial charge >= 0.3 is 0 Å². The summed E-state index contributed by atoms with van der Waals surface area (Å²) >= 11 is 13.9. The Hall–Kier alpha value is -0.540. The number of thiophene rings is 1. The maximum atomic E-state index is 6.13. The average Bonchev–Trinajstić information content (AvgIpc) is 2.70. The van der Waals surface area contributed by atoms with E-state index in [1.54, 1.807) is 11.3 Å². The van der Waals surface area contributed by atoms with E-state index in [0.29, 0.717) is 10.0 Å². The summed E-state index contributed by atoms with van der Waals surface area (Å²) in [6.45, 7) is 0. The van der Waals surface area contributed by atoms with Gasteiger partial charge in [0.1, 0.15) is 0 Å². The maximum Gasteiger partial charge on any atom is 0.0468 e. The molecule has 1 atom stereocenters. The van der Waals surface area contributed by atoms with Crippen molar-refractivity contribution in [3.05, 3.63) is 56.2 Å². The normalized spacial score (nSPS) is 12.7. The summed E-state index contributed by atoms with van der Waals surface area (Å²) in [6, 6.07) is 9.39. The first-order chi connectivity index (χ1) is 7.68. The van der Waals surface area contributed by atoms with E-state index in [1.807, 2.05) is 29.6 Å². The first kappa shape index (κ1) is 11.9. The molecule has 16 heavy (non-hydrogen) atoms. The van der Waals surface area contributed by atoms with Gasteiger partial charge in [-0.2, -0.15) is 0 Å². The highest BCUT2D eigenvalue weighted by molar-refractivity contribution is 7.09. The van der Waals surface area contributed by atoms with Crippen LogP contribution in [-0.4, -0.2) is 0 Å². The van der Waals surface area contributed by atoms with Gasteiger partial charge in [-0.15, -0.1) is 11.3 Å². The molecular formula is C12H11Cl2NS. The fraction of sp³-hybridized carbons (Fsp3) is 0.167. The molecule has 1 heterocycles. The van der Waals surface area contributed by atoms with E-state index in [-0.39, 0.29) is 6.04 Å². The molecule has 84 valence electrons. The number of hydrogen-bond acceptors (Lipinski definition) is 2. The van der Waals surface area contributed by atoms with E-state index in [4.69, 9.17) is 28.9 Å². The van der Waals surface area contributed by atoms with Crippen LogP contribution in [0.15, 0.2) is 35.7 Å². The van der Waals surface area contributed by atoms with Gasteiger partial charge in [0.05, 0.1) is 0 Å². The monoisotopic (exact) mass is 271 g/mol. The van der Waals surface area contributed by atoms with Crippen LogP contribution in [0.1, 0.15) is 16.5 Å². The van der Waals surface area contributed by atoms with Crippen LogP contribution in [0.5, 0.6) is 0 Å². The van der Waals surface area contributed by atoms with Gasteiger partial charge in [-0.1, -0.05) is 35.3 Å². The zero-order valence-electron chi connectivity index (χ0n) is 8.49. The lowest BCUT2D eigenvalue weighted by Crippen LogP contribution is -2.13. The Balaban J connectivity index is 2.24. The van der Waals surface area contributed by atoms with Gasteiger partial charge < -0.3 is 5.73 Å². The van der Waals surface area contributed by atoms with Crippen molar-refractivity contribution in [2.45, 2.75) is 12.5 Å². The van der Waals surface area contributed by atoms with E-state index < -0.39 is 0 Å². The topological polar surface area (TPSA) is 26.0 Å². The second-order valence-electron chi connectivity index (χ2n) is 3.53. The fourth-order valence-electron chi connectivity index (χ4n) is 1.61. The second kappa shape index (κ2) is 5.19. The van der Waals surface area contributed by atoms with Crippen LogP contribution in [0.3, 0.4) is 0 Å². The molecule has 0 spiro atoms. The minimum absolute atomic E-state index is 0.153. The molecule has 2 aromatic rings. The van der Waals surface area contributed by atoms with Gasteiger partial charge in [0.15, 0.2) is 0 Å². The van der Waals surface area contributed by atoms with E-state index in [1.165, 1.54) is 4.88 Å². The predicted molar refractivity (Wildman–Crippen MR) is 71.4 cm³/mol. The summed E-state index contributed by atoms with van der Waals surface area (Å²) in [5.74, 6) is 0. The van der Waals surface area contributed by atoms with Crippen molar-refractivity contribution in [2.75, 3.05) is 0 Å². The molecule has 0 radical (unpaired) electrons. The van der Waals surface area contributed by atoms with Crippen LogP contribution < -0.4 is 5.73 Å². The zero-order chi connectivity index (χ0) is 11.5. The van der Waals surface area contributed by atoms with Gasteiger partial charge in [0, 0.05) is 32.9 Å². The van der Waals surface area contributed by atoms with E-state index in [0.717, 1.165) is 12.0 Å². The Morgan fingerprint density at radius 2 is 1.81 bits per heavy atom. The third-order valence-electron chi connectivity index (χ3n) is 2.37. The van der Waals surface area contributed by atoms with E-state index in [2.05, 4.69) is 6.07 Å². The Kier molecular flexibility index (Phi) is 3.87.